The summed E-state index contributed by atoms with van der Waals surface area (Å²) in [6.07, 6.45) is -0.851. The molecule has 7 nitrogen and oxygen atoms in total. The van der Waals surface area contributed by atoms with Crippen molar-refractivity contribution in [2.75, 3.05) is 19.0 Å². The number of rotatable bonds is 7. The number of anilines is 1. The van der Waals surface area contributed by atoms with E-state index in [2.05, 4.69) is 15.4 Å². The Morgan fingerprint density at radius 2 is 1.86 bits per heavy atom. The minimum atomic E-state index is -0.851. The van der Waals surface area contributed by atoms with Crippen LogP contribution < -0.4 is 15.4 Å². The highest BCUT2D eigenvalue weighted by molar-refractivity contribution is 6.35. The lowest BCUT2D eigenvalue weighted by Crippen LogP contribution is -2.31. The predicted molar refractivity (Wildman–Crippen MR) is 106 cm³/mol. The van der Waals surface area contributed by atoms with E-state index in [4.69, 9.17) is 27.9 Å². The fraction of sp³-hybridized carbons (Fsp3) is 0.211. The highest BCUT2D eigenvalue weighted by Crippen LogP contribution is 2.28. The Balaban J connectivity index is 1.99. The Kier molecular flexibility index (Phi) is 7.66. The lowest BCUT2D eigenvalue weighted by atomic mass is 10.2. The molecule has 1 atom stereocenters. The van der Waals surface area contributed by atoms with Crippen LogP contribution in [0.1, 0.15) is 17.3 Å². The summed E-state index contributed by atoms with van der Waals surface area (Å²) < 4.78 is 10.0. The minimum absolute atomic E-state index is 0.251. The number of ether oxygens (including phenoxy) is 2. The predicted octanol–water partition coefficient (Wildman–Crippen LogP) is 3.30. The van der Waals surface area contributed by atoms with E-state index in [-0.39, 0.29) is 17.1 Å². The maximum absolute atomic E-state index is 12.4. The highest BCUT2D eigenvalue weighted by Gasteiger charge is 2.17. The van der Waals surface area contributed by atoms with Gasteiger partial charge in [-0.25, -0.2) is 0 Å². The second-order valence-corrected chi connectivity index (χ2v) is 6.51. The Labute approximate surface area is 171 Å². The van der Waals surface area contributed by atoms with Gasteiger partial charge < -0.3 is 20.1 Å². The number of hydrogen-bond donors (Lipinski definition) is 2. The maximum Gasteiger partial charge on any atom is 0.325 e. The van der Waals surface area contributed by atoms with E-state index >= 15 is 0 Å². The first-order valence-electron chi connectivity index (χ1n) is 8.18. The molecular formula is C19H18Cl2N2O5. The second-order valence-electron chi connectivity index (χ2n) is 5.66. The molecule has 0 spiro atoms. The molecule has 0 radical (unpaired) electrons. The molecule has 0 aromatic heterocycles. The number of esters is 1. The number of benzene rings is 2. The van der Waals surface area contributed by atoms with Crippen molar-refractivity contribution in [2.24, 2.45) is 0 Å². The van der Waals surface area contributed by atoms with Crippen LogP contribution in [0.2, 0.25) is 10.0 Å². The lowest BCUT2D eigenvalue weighted by molar-refractivity contribution is -0.139. The van der Waals surface area contributed by atoms with E-state index in [9.17, 15) is 14.4 Å². The monoisotopic (exact) mass is 424 g/mol. The summed E-state index contributed by atoms with van der Waals surface area (Å²) in [7, 11) is 1.23. The molecule has 148 valence electrons. The number of hydrogen-bond acceptors (Lipinski definition) is 5. The van der Waals surface area contributed by atoms with Crippen molar-refractivity contribution in [2.45, 2.75) is 13.0 Å². The third-order valence-corrected chi connectivity index (χ3v) is 4.11. The van der Waals surface area contributed by atoms with Gasteiger partial charge in [-0.2, -0.15) is 0 Å². The van der Waals surface area contributed by atoms with Crippen LogP contribution in [0.25, 0.3) is 0 Å². The Morgan fingerprint density at radius 1 is 1.11 bits per heavy atom. The second kappa shape index (κ2) is 9.96. The smallest absolute Gasteiger partial charge is 0.325 e. The van der Waals surface area contributed by atoms with Gasteiger partial charge in [-0.1, -0.05) is 29.3 Å². The standard InChI is InChI=1S/C19H18Cl2N2O5/c1-11(28-16-7-6-13(20)9-15(16)21)18(25)23-14-5-3-4-12(8-14)19(26)22-10-17(24)27-2/h3-9,11H,10H2,1-2H3,(H,22,26)(H,23,25). The molecule has 0 saturated heterocycles. The van der Waals surface area contributed by atoms with Gasteiger partial charge in [-0.05, 0) is 43.3 Å². The Morgan fingerprint density at radius 3 is 2.54 bits per heavy atom. The van der Waals surface area contributed by atoms with Gasteiger partial charge in [0.25, 0.3) is 11.8 Å². The van der Waals surface area contributed by atoms with Gasteiger partial charge in [0, 0.05) is 16.3 Å². The topological polar surface area (TPSA) is 93.7 Å². The first-order chi connectivity index (χ1) is 13.3. The maximum atomic E-state index is 12.4. The van der Waals surface area contributed by atoms with Gasteiger partial charge in [-0.15, -0.1) is 0 Å². The summed E-state index contributed by atoms with van der Waals surface area (Å²) in [6, 6.07) is 10.9. The van der Waals surface area contributed by atoms with Crippen molar-refractivity contribution in [3.05, 3.63) is 58.1 Å². The quantitative estimate of drug-likeness (QED) is 0.664. The highest BCUT2D eigenvalue weighted by atomic mass is 35.5. The number of carbonyl (C=O) groups excluding carboxylic acids is 3. The number of amides is 2. The van der Waals surface area contributed by atoms with Crippen LogP contribution >= 0.6 is 23.2 Å². The van der Waals surface area contributed by atoms with E-state index in [0.717, 1.165) is 0 Å². The summed E-state index contributed by atoms with van der Waals surface area (Å²) in [4.78, 5) is 35.5. The molecular weight excluding hydrogens is 407 g/mol. The SMILES string of the molecule is COC(=O)CNC(=O)c1cccc(NC(=O)C(C)Oc2ccc(Cl)cc2Cl)c1. The zero-order chi connectivity index (χ0) is 20.7. The largest absolute Gasteiger partial charge is 0.479 e. The summed E-state index contributed by atoms with van der Waals surface area (Å²) >= 11 is 11.9. The number of halogens is 2. The minimum Gasteiger partial charge on any atom is -0.479 e. The fourth-order valence-electron chi connectivity index (χ4n) is 2.12. The fourth-order valence-corrected chi connectivity index (χ4v) is 2.58. The van der Waals surface area contributed by atoms with Crippen molar-refractivity contribution in [3.8, 4) is 5.75 Å². The number of carbonyl (C=O) groups is 3. The number of nitrogens with one attached hydrogen (secondary N) is 2. The van der Waals surface area contributed by atoms with Crippen molar-refractivity contribution in [1.29, 1.82) is 0 Å². The molecule has 0 bridgehead atoms. The molecule has 2 N–H and O–H groups in total. The normalized spacial score (nSPS) is 11.3. The molecule has 2 aromatic carbocycles. The summed E-state index contributed by atoms with van der Waals surface area (Å²) in [5.74, 6) is -1.15. The van der Waals surface area contributed by atoms with Gasteiger partial charge in [-0.3, -0.25) is 14.4 Å². The van der Waals surface area contributed by atoms with Crippen molar-refractivity contribution in [3.63, 3.8) is 0 Å². The Hall–Kier alpha value is -2.77. The van der Waals surface area contributed by atoms with E-state index < -0.39 is 23.9 Å². The molecule has 0 heterocycles. The van der Waals surface area contributed by atoms with Gasteiger partial charge in [0.2, 0.25) is 0 Å². The third kappa shape index (κ3) is 6.14. The average molecular weight is 425 g/mol. The first-order valence-corrected chi connectivity index (χ1v) is 8.93. The van der Waals surface area contributed by atoms with Crippen LogP contribution in [-0.4, -0.2) is 37.5 Å². The zero-order valence-corrected chi connectivity index (χ0v) is 16.6. The van der Waals surface area contributed by atoms with E-state index in [1.165, 1.54) is 19.2 Å². The molecule has 2 amide bonds. The average Bonchev–Trinajstić information content (AvgIpc) is 2.68. The van der Waals surface area contributed by atoms with Gasteiger partial charge in [0.05, 0.1) is 12.1 Å². The van der Waals surface area contributed by atoms with Gasteiger partial charge in [0.15, 0.2) is 6.10 Å². The summed E-state index contributed by atoms with van der Waals surface area (Å²) in [5.41, 5.74) is 0.671. The molecule has 9 heteroatoms. The molecule has 0 fully saturated rings. The summed E-state index contributed by atoms with van der Waals surface area (Å²) in [5, 5.41) is 5.82. The molecule has 0 aliphatic rings. The van der Waals surface area contributed by atoms with E-state index in [1.54, 1.807) is 37.3 Å². The van der Waals surface area contributed by atoms with Gasteiger partial charge >= 0.3 is 5.97 Å². The molecule has 1 unspecified atom stereocenters. The molecule has 2 aromatic rings. The van der Waals surface area contributed by atoms with E-state index in [1.807, 2.05) is 0 Å². The van der Waals surface area contributed by atoms with Crippen LogP contribution in [0, 0.1) is 0 Å². The van der Waals surface area contributed by atoms with Crippen LogP contribution in [0.3, 0.4) is 0 Å². The van der Waals surface area contributed by atoms with Crippen molar-refractivity contribution in [1.82, 2.24) is 5.32 Å². The van der Waals surface area contributed by atoms with Gasteiger partial charge in [0.1, 0.15) is 12.3 Å². The zero-order valence-electron chi connectivity index (χ0n) is 15.1. The molecule has 28 heavy (non-hydrogen) atoms. The molecule has 0 aliphatic heterocycles. The molecule has 0 aliphatic carbocycles. The van der Waals surface area contributed by atoms with Crippen LogP contribution in [0.4, 0.5) is 5.69 Å². The van der Waals surface area contributed by atoms with Crippen LogP contribution in [0.5, 0.6) is 5.75 Å². The lowest BCUT2D eigenvalue weighted by Gasteiger charge is -2.16. The van der Waals surface area contributed by atoms with Crippen LogP contribution in [0.15, 0.2) is 42.5 Å². The number of methoxy groups -OCH3 is 1. The summed E-state index contributed by atoms with van der Waals surface area (Å²) in [6.45, 7) is 1.31. The van der Waals surface area contributed by atoms with Crippen molar-refractivity contribution >= 4 is 46.7 Å². The van der Waals surface area contributed by atoms with Crippen molar-refractivity contribution < 1.29 is 23.9 Å². The van der Waals surface area contributed by atoms with Crippen LogP contribution in [-0.2, 0) is 14.3 Å². The Bertz CT molecular complexity index is 888. The van der Waals surface area contributed by atoms with E-state index in [0.29, 0.717) is 16.5 Å². The molecule has 2 rings (SSSR count). The molecule has 0 saturated carbocycles. The first kappa shape index (κ1) is 21.5. The third-order valence-electron chi connectivity index (χ3n) is 3.58.